The number of piperidine rings is 1. The van der Waals surface area contributed by atoms with Gasteiger partial charge in [-0.1, -0.05) is 13.0 Å². The summed E-state index contributed by atoms with van der Waals surface area (Å²) in [7, 11) is -3.22. The van der Waals surface area contributed by atoms with Gasteiger partial charge in [-0.2, -0.15) is 13.2 Å². The molecule has 0 spiro atoms. The number of rotatable bonds is 6. The van der Waals surface area contributed by atoms with Crippen LogP contribution in [0.25, 0.3) is 0 Å². The van der Waals surface area contributed by atoms with Crippen molar-refractivity contribution in [3.05, 3.63) is 47.4 Å². The molecule has 180 valence electrons. The van der Waals surface area contributed by atoms with Crippen LogP contribution in [-0.2, 0) is 28.3 Å². The van der Waals surface area contributed by atoms with Gasteiger partial charge < -0.3 is 15.5 Å². The molecule has 3 heterocycles. The van der Waals surface area contributed by atoms with Crippen LogP contribution in [0.2, 0.25) is 0 Å². The molecule has 0 aromatic carbocycles. The third-order valence-electron chi connectivity index (χ3n) is 5.26. The first kappa shape index (κ1) is 24.7. The molecule has 2 aromatic rings. The summed E-state index contributed by atoms with van der Waals surface area (Å²) < 4.78 is 62.3. The van der Waals surface area contributed by atoms with E-state index in [0.29, 0.717) is 36.0 Å². The molecule has 1 aliphatic rings. The van der Waals surface area contributed by atoms with Gasteiger partial charge in [0.2, 0.25) is 0 Å². The third-order valence-corrected chi connectivity index (χ3v) is 6.08. The van der Waals surface area contributed by atoms with Gasteiger partial charge in [0.05, 0.1) is 23.3 Å². The predicted molar refractivity (Wildman–Crippen MR) is 118 cm³/mol. The molecule has 8 nitrogen and oxygen atoms in total. The van der Waals surface area contributed by atoms with Crippen molar-refractivity contribution < 1.29 is 26.4 Å². The van der Waals surface area contributed by atoms with Crippen molar-refractivity contribution in [2.75, 3.05) is 29.6 Å². The summed E-state index contributed by atoms with van der Waals surface area (Å²) in [5.74, 6) is 0.513. The van der Waals surface area contributed by atoms with E-state index in [2.05, 4.69) is 27.5 Å². The lowest BCUT2D eigenvalue weighted by Crippen LogP contribution is -2.35. The van der Waals surface area contributed by atoms with E-state index in [4.69, 9.17) is 0 Å². The Kier molecular flexibility index (Phi) is 7.45. The fraction of sp³-hybridized carbons (Fsp3) is 0.476. The van der Waals surface area contributed by atoms with E-state index >= 15 is 0 Å². The van der Waals surface area contributed by atoms with Crippen molar-refractivity contribution in [3.8, 4) is 0 Å². The number of halogens is 3. The smallest absolute Gasteiger partial charge is 0.356 e. The Morgan fingerprint density at radius 3 is 2.45 bits per heavy atom. The van der Waals surface area contributed by atoms with Crippen LogP contribution in [0.5, 0.6) is 0 Å². The lowest BCUT2D eigenvalue weighted by molar-refractivity contribution is -0.141. The Morgan fingerprint density at radius 1 is 1.18 bits per heavy atom. The number of alkyl halides is 3. The van der Waals surface area contributed by atoms with Crippen LogP contribution in [0.15, 0.2) is 30.5 Å². The minimum atomic E-state index is -4.56. The zero-order valence-electron chi connectivity index (χ0n) is 18.3. The molecule has 2 aromatic heterocycles. The van der Waals surface area contributed by atoms with E-state index in [1.54, 1.807) is 0 Å². The Labute approximate surface area is 190 Å². The molecule has 33 heavy (non-hydrogen) atoms. The maximum atomic E-state index is 13.2. The van der Waals surface area contributed by atoms with Gasteiger partial charge >= 0.3 is 12.2 Å². The van der Waals surface area contributed by atoms with Crippen LogP contribution in [0.1, 0.15) is 36.7 Å². The number of anilines is 2. The van der Waals surface area contributed by atoms with Crippen LogP contribution in [0.3, 0.4) is 0 Å². The van der Waals surface area contributed by atoms with E-state index in [9.17, 15) is 26.4 Å². The van der Waals surface area contributed by atoms with Crippen molar-refractivity contribution in [1.82, 2.24) is 15.3 Å². The van der Waals surface area contributed by atoms with E-state index in [1.165, 1.54) is 24.4 Å². The summed E-state index contributed by atoms with van der Waals surface area (Å²) in [5.41, 5.74) is 0.208. The molecule has 12 heteroatoms. The van der Waals surface area contributed by atoms with Crippen molar-refractivity contribution in [3.63, 3.8) is 0 Å². The van der Waals surface area contributed by atoms with Crippen LogP contribution in [0.4, 0.5) is 29.5 Å². The topological polar surface area (TPSA) is 104 Å². The molecule has 0 bridgehead atoms. The number of aromatic nitrogens is 2. The fourth-order valence-corrected chi connectivity index (χ4v) is 4.18. The third kappa shape index (κ3) is 7.31. The molecular weight excluding hydrogens is 459 g/mol. The maximum Gasteiger partial charge on any atom is 0.433 e. The van der Waals surface area contributed by atoms with Gasteiger partial charge in [0.25, 0.3) is 0 Å². The maximum absolute atomic E-state index is 13.2. The molecule has 0 radical (unpaired) electrons. The quantitative estimate of drug-likeness (QED) is 0.648. The largest absolute Gasteiger partial charge is 0.433 e. The van der Waals surface area contributed by atoms with Gasteiger partial charge in [-0.25, -0.2) is 18.2 Å². The molecule has 1 aliphatic heterocycles. The standard InChI is InChI=1S/C21H26F3N5O3S/c1-14-7-9-29(10-8-14)19-15(3-6-18(28-19)21(22,23)24)11-26-20(30)27-16-4-5-17(25-12-16)13-33(2,31)32/h3-6,12,14H,7-11,13H2,1-2H3,(H2,26,27,30). The molecule has 3 rings (SSSR count). The summed E-state index contributed by atoms with van der Waals surface area (Å²) in [6, 6.07) is 4.69. The van der Waals surface area contributed by atoms with Gasteiger partial charge in [-0.05, 0) is 37.0 Å². The number of nitrogens with one attached hydrogen (secondary N) is 2. The summed E-state index contributed by atoms with van der Waals surface area (Å²) in [5, 5.41) is 5.19. The molecule has 2 N–H and O–H groups in total. The normalized spacial score (nSPS) is 15.4. The highest BCUT2D eigenvalue weighted by Crippen LogP contribution is 2.32. The number of pyridine rings is 2. The molecule has 1 saturated heterocycles. The van der Waals surface area contributed by atoms with Crippen molar-refractivity contribution >= 4 is 27.4 Å². The number of amides is 2. The van der Waals surface area contributed by atoms with E-state index in [0.717, 1.165) is 25.2 Å². The number of carbonyl (C=O) groups excluding carboxylic acids is 1. The SMILES string of the molecule is CC1CCN(c2nc(C(F)(F)F)ccc2CNC(=O)Nc2ccc(CS(C)(=O)=O)nc2)CC1. The van der Waals surface area contributed by atoms with Crippen molar-refractivity contribution in [1.29, 1.82) is 0 Å². The Hall–Kier alpha value is -2.89. The average molecular weight is 486 g/mol. The second-order valence-electron chi connectivity index (χ2n) is 8.26. The van der Waals surface area contributed by atoms with Gasteiger partial charge in [0.15, 0.2) is 9.84 Å². The van der Waals surface area contributed by atoms with Crippen molar-refractivity contribution in [2.24, 2.45) is 5.92 Å². The molecule has 0 unspecified atom stereocenters. The summed E-state index contributed by atoms with van der Waals surface area (Å²) in [6.45, 7) is 3.28. The molecule has 0 atom stereocenters. The summed E-state index contributed by atoms with van der Waals surface area (Å²) in [4.78, 5) is 22.0. The van der Waals surface area contributed by atoms with Crippen molar-refractivity contribution in [2.45, 2.75) is 38.2 Å². The minimum Gasteiger partial charge on any atom is -0.356 e. The predicted octanol–water partition coefficient (Wildman–Crippen LogP) is 3.60. The minimum absolute atomic E-state index is 0.0159. The highest BCUT2D eigenvalue weighted by atomic mass is 32.2. The first-order valence-corrected chi connectivity index (χ1v) is 12.5. The molecular formula is C21H26F3N5O3S. The molecule has 1 fully saturated rings. The lowest BCUT2D eigenvalue weighted by atomic mass is 9.99. The summed E-state index contributed by atoms with van der Waals surface area (Å²) >= 11 is 0. The number of nitrogens with zero attached hydrogens (tertiary/aromatic N) is 3. The van der Waals surface area contributed by atoms with E-state index in [-0.39, 0.29) is 18.1 Å². The first-order chi connectivity index (χ1) is 15.4. The zero-order valence-corrected chi connectivity index (χ0v) is 19.1. The Bertz CT molecular complexity index is 1080. The number of hydrogen-bond donors (Lipinski definition) is 2. The van der Waals surface area contributed by atoms with E-state index < -0.39 is 27.7 Å². The number of carbonyl (C=O) groups is 1. The average Bonchev–Trinajstić information content (AvgIpc) is 2.72. The highest BCUT2D eigenvalue weighted by molar-refractivity contribution is 7.89. The molecule has 2 amide bonds. The lowest BCUT2D eigenvalue weighted by Gasteiger charge is -2.33. The van der Waals surface area contributed by atoms with Crippen LogP contribution in [0, 0.1) is 5.92 Å². The number of urea groups is 1. The highest BCUT2D eigenvalue weighted by Gasteiger charge is 2.34. The van der Waals surface area contributed by atoms with Gasteiger partial charge in [-0.3, -0.25) is 4.98 Å². The van der Waals surface area contributed by atoms with Gasteiger partial charge in [0, 0.05) is 31.5 Å². The zero-order chi connectivity index (χ0) is 24.2. The van der Waals surface area contributed by atoms with E-state index in [1.807, 2.05) is 4.90 Å². The number of sulfone groups is 1. The van der Waals surface area contributed by atoms with Gasteiger partial charge in [0.1, 0.15) is 11.5 Å². The van der Waals surface area contributed by atoms with Crippen LogP contribution < -0.4 is 15.5 Å². The fourth-order valence-electron chi connectivity index (χ4n) is 3.47. The first-order valence-electron chi connectivity index (χ1n) is 10.4. The second kappa shape index (κ2) is 9.94. The van der Waals surface area contributed by atoms with Crippen LogP contribution in [-0.4, -0.2) is 43.8 Å². The van der Waals surface area contributed by atoms with Crippen LogP contribution >= 0.6 is 0 Å². The Morgan fingerprint density at radius 2 is 1.88 bits per heavy atom. The monoisotopic (exact) mass is 485 g/mol. The van der Waals surface area contributed by atoms with Gasteiger partial charge in [-0.15, -0.1) is 0 Å². The molecule has 0 aliphatic carbocycles. The Balaban J connectivity index is 1.67. The molecule has 0 saturated carbocycles. The second-order valence-corrected chi connectivity index (χ2v) is 10.4. The number of hydrogen-bond acceptors (Lipinski definition) is 6. The summed E-state index contributed by atoms with van der Waals surface area (Å²) in [6.07, 6.45) is -0.415.